The highest BCUT2D eigenvalue weighted by Crippen LogP contribution is 2.34. The zero-order valence-corrected chi connectivity index (χ0v) is 13.0. The van der Waals surface area contributed by atoms with Crippen molar-refractivity contribution in [2.75, 3.05) is 5.32 Å². The first-order valence-electron chi connectivity index (χ1n) is 7.59. The van der Waals surface area contributed by atoms with Crippen LogP contribution >= 0.6 is 0 Å². The molecule has 0 heterocycles. The first-order chi connectivity index (χ1) is 12.0. The van der Waals surface area contributed by atoms with Crippen molar-refractivity contribution >= 4 is 17.2 Å². The van der Waals surface area contributed by atoms with E-state index in [1.807, 2.05) is 24.3 Å². The average molecular weight is 341 g/mol. The third-order valence-electron chi connectivity index (χ3n) is 3.69. The Morgan fingerprint density at radius 2 is 1.48 bits per heavy atom. The molecular formula is C20H14F3NO. The van der Waals surface area contributed by atoms with E-state index in [0.29, 0.717) is 16.9 Å². The molecule has 1 aliphatic rings. The maximum Gasteiger partial charge on any atom is 0.454 e. The van der Waals surface area contributed by atoms with Gasteiger partial charge in [0.05, 0.1) is 5.70 Å². The molecule has 0 atom stereocenters. The van der Waals surface area contributed by atoms with Crippen LogP contribution in [0.25, 0.3) is 5.70 Å². The van der Waals surface area contributed by atoms with Crippen LogP contribution in [0.5, 0.6) is 0 Å². The van der Waals surface area contributed by atoms with E-state index in [-0.39, 0.29) is 11.1 Å². The number of alkyl halides is 3. The Balaban J connectivity index is 2.10. The Hall–Kier alpha value is -3.08. The number of rotatable bonds is 4. The number of benzene rings is 2. The molecule has 0 bridgehead atoms. The van der Waals surface area contributed by atoms with Crippen molar-refractivity contribution in [3.63, 3.8) is 0 Å². The molecule has 0 radical (unpaired) electrons. The first kappa shape index (κ1) is 16.8. The lowest BCUT2D eigenvalue weighted by atomic mass is 9.98. The summed E-state index contributed by atoms with van der Waals surface area (Å²) in [6, 6.07) is 18.0. The number of nitrogens with one attached hydrogen (secondary N) is 1. The van der Waals surface area contributed by atoms with E-state index in [2.05, 4.69) is 5.32 Å². The molecule has 0 spiro atoms. The minimum absolute atomic E-state index is 0.220. The number of carbonyl (C=O) groups is 1. The highest BCUT2D eigenvalue weighted by atomic mass is 19.4. The van der Waals surface area contributed by atoms with Crippen LogP contribution < -0.4 is 5.32 Å². The fourth-order valence-electron chi connectivity index (χ4n) is 2.55. The summed E-state index contributed by atoms with van der Waals surface area (Å²) in [6.07, 6.45) is -0.764. The number of para-hydroxylation sites is 1. The van der Waals surface area contributed by atoms with E-state index in [1.165, 1.54) is 18.2 Å². The summed E-state index contributed by atoms with van der Waals surface area (Å²) in [5.74, 6) is -1.85. The molecule has 5 heteroatoms. The number of halogens is 3. The number of allylic oxidation sites excluding steroid dienone is 5. The maximum atomic E-state index is 12.9. The van der Waals surface area contributed by atoms with E-state index in [9.17, 15) is 18.0 Å². The lowest BCUT2D eigenvalue weighted by Crippen LogP contribution is -2.25. The number of Topliss-reactive ketones (excluding diaryl/α,β-unsaturated/α-hetero) is 1. The van der Waals surface area contributed by atoms with Gasteiger partial charge in [0, 0.05) is 16.8 Å². The molecule has 0 saturated heterocycles. The predicted molar refractivity (Wildman–Crippen MR) is 91.7 cm³/mol. The average Bonchev–Trinajstić information content (AvgIpc) is 3.09. The van der Waals surface area contributed by atoms with Gasteiger partial charge in [-0.15, -0.1) is 0 Å². The zero-order chi connectivity index (χ0) is 17.9. The Morgan fingerprint density at radius 1 is 0.880 bits per heavy atom. The van der Waals surface area contributed by atoms with Gasteiger partial charge in [-0.1, -0.05) is 66.8 Å². The Morgan fingerprint density at radius 3 is 2.08 bits per heavy atom. The third kappa shape index (κ3) is 3.71. The topological polar surface area (TPSA) is 29.1 Å². The molecule has 1 N–H and O–H groups in total. The van der Waals surface area contributed by atoms with Crippen molar-refractivity contribution < 1.29 is 18.0 Å². The Bertz CT molecular complexity index is 863. The lowest BCUT2D eigenvalue weighted by Gasteiger charge is -2.17. The van der Waals surface area contributed by atoms with Crippen LogP contribution in [0.1, 0.15) is 5.56 Å². The van der Waals surface area contributed by atoms with Crippen molar-refractivity contribution in [1.29, 1.82) is 0 Å². The van der Waals surface area contributed by atoms with Crippen LogP contribution in [0.15, 0.2) is 90.0 Å². The van der Waals surface area contributed by atoms with Crippen LogP contribution in [0.2, 0.25) is 0 Å². The molecule has 126 valence electrons. The highest BCUT2D eigenvalue weighted by Gasteiger charge is 2.42. The molecular weight excluding hydrogens is 327 g/mol. The Labute approximate surface area is 143 Å². The fourth-order valence-corrected chi connectivity index (χ4v) is 2.55. The van der Waals surface area contributed by atoms with Gasteiger partial charge in [0.2, 0.25) is 0 Å². The van der Waals surface area contributed by atoms with E-state index < -0.39 is 12.0 Å². The molecule has 0 aliphatic heterocycles. The zero-order valence-electron chi connectivity index (χ0n) is 13.0. The summed E-state index contributed by atoms with van der Waals surface area (Å²) in [7, 11) is 0. The molecule has 0 amide bonds. The second-order valence-corrected chi connectivity index (χ2v) is 5.41. The van der Waals surface area contributed by atoms with Gasteiger partial charge >= 0.3 is 6.18 Å². The fraction of sp³-hybridized carbons (Fsp3) is 0.0500. The Kier molecular flexibility index (Phi) is 4.57. The van der Waals surface area contributed by atoms with Crippen molar-refractivity contribution in [1.82, 2.24) is 0 Å². The van der Waals surface area contributed by atoms with Gasteiger partial charge < -0.3 is 5.32 Å². The SMILES string of the molecule is O=C(C1=CC=C/C1=C(/Nc1ccccc1)c1ccccc1)C(F)(F)F. The van der Waals surface area contributed by atoms with Gasteiger partial charge in [0.25, 0.3) is 5.78 Å². The summed E-state index contributed by atoms with van der Waals surface area (Å²) >= 11 is 0. The summed E-state index contributed by atoms with van der Waals surface area (Å²) in [5.41, 5.74) is 1.71. The molecule has 1 aliphatic carbocycles. The molecule has 3 rings (SSSR count). The van der Waals surface area contributed by atoms with Gasteiger partial charge in [-0.25, -0.2) is 0 Å². The predicted octanol–water partition coefficient (Wildman–Crippen LogP) is 5.14. The summed E-state index contributed by atoms with van der Waals surface area (Å²) in [5, 5.41) is 3.14. The highest BCUT2D eigenvalue weighted by molar-refractivity contribution is 6.08. The van der Waals surface area contributed by atoms with E-state index in [1.54, 1.807) is 36.4 Å². The van der Waals surface area contributed by atoms with Gasteiger partial charge in [0.1, 0.15) is 0 Å². The van der Waals surface area contributed by atoms with Crippen molar-refractivity contribution in [3.8, 4) is 0 Å². The van der Waals surface area contributed by atoms with Crippen molar-refractivity contribution in [2.45, 2.75) is 6.18 Å². The second kappa shape index (κ2) is 6.81. The van der Waals surface area contributed by atoms with Crippen LogP contribution in [0.3, 0.4) is 0 Å². The number of carbonyl (C=O) groups excluding carboxylic acids is 1. The molecule has 0 aromatic heterocycles. The van der Waals surface area contributed by atoms with Gasteiger partial charge in [-0.2, -0.15) is 13.2 Å². The van der Waals surface area contributed by atoms with E-state index >= 15 is 0 Å². The maximum absolute atomic E-state index is 12.9. The lowest BCUT2D eigenvalue weighted by molar-refractivity contribution is -0.166. The minimum atomic E-state index is -4.92. The van der Waals surface area contributed by atoms with Crippen molar-refractivity contribution in [3.05, 3.63) is 95.6 Å². The number of anilines is 1. The molecule has 2 aromatic carbocycles. The number of hydrogen-bond acceptors (Lipinski definition) is 2. The smallest absolute Gasteiger partial charge is 0.355 e. The molecule has 25 heavy (non-hydrogen) atoms. The second-order valence-electron chi connectivity index (χ2n) is 5.41. The summed E-state index contributed by atoms with van der Waals surface area (Å²) in [6.45, 7) is 0. The van der Waals surface area contributed by atoms with E-state index in [0.717, 1.165) is 0 Å². The first-order valence-corrected chi connectivity index (χ1v) is 7.59. The van der Waals surface area contributed by atoms with Crippen LogP contribution in [-0.2, 0) is 4.79 Å². The van der Waals surface area contributed by atoms with E-state index in [4.69, 9.17) is 0 Å². The van der Waals surface area contributed by atoms with Gasteiger partial charge in [0.15, 0.2) is 0 Å². The molecule has 0 fully saturated rings. The van der Waals surface area contributed by atoms with Crippen LogP contribution in [0.4, 0.5) is 18.9 Å². The minimum Gasteiger partial charge on any atom is -0.355 e. The molecule has 2 nitrogen and oxygen atoms in total. The molecule has 0 unspecified atom stereocenters. The van der Waals surface area contributed by atoms with Crippen LogP contribution in [0, 0.1) is 0 Å². The van der Waals surface area contributed by atoms with Crippen molar-refractivity contribution in [2.24, 2.45) is 0 Å². The standard InChI is InChI=1S/C20H14F3NO/c21-20(22,23)19(25)17-13-7-12-16(17)18(14-8-3-1-4-9-14)24-15-10-5-2-6-11-15/h1-13,24H/b18-16-. The largest absolute Gasteiger partial charge is 0.454 e. The summed E-state index contributed by atoms with van der Waals surface area (Å²) < 4.78 is 38.7. The number of ketones is 1. The van der Waals surface area contributed by atoms with Gasteiger partial charge in [-0.3, -0.25) is 4.79 Å². The van der Waals surface area contributed by atoms with Gasteiger partial charge in [-0.05, 0) is 17.7 Å². The number of hydrogen-bond donors (Lipinski definition) is 1. The van der Waals surface area contributed by atoms with Crippen LogP contribution in [-0.4, -0.2) is 12.0 Å². The molecule has 2 aromatic rings. The quantitative estimate of drug-likeness (QED) is 0.834. The summed E-state index contributed by atoms with van der Waals surface area (Å²) in [4.78, 5) is 11.8. The third-order valence-corrected chi connectivity index (χ3v) is 3.69. The monoisotopic (exact) mass is 341 g/mol. The molecule has 0 saturated carbocycles. The normalized spacial score (nSPS) is 15.7.